The van der Waals surface area contributed by atoms with Crippen molar-refractivity contribution in [2.45, 2.75) is 0 Å². The predicted octanol–water partition coefficient (Wildman–Crippen LogP) is 1.01. The lowest BCUT2D eigenvalue weighted by molar-refractivity contribution is 1.58. The second-order valence-electron chi connectivity index (χ2n) is 0.0894. The van der Waals surface area contributed by atoms with E-state index in [9.17, 15) is 0 Å². The average Bonchev–Trinajstić information content (AvgIpc) is 1.46. The molecule has 0 heterocycles. The molecule has 4 nitrogen and oxygen atoms in total. The lowest BCUT2D eigenvalue weighted by atomic mass is 11.9. The average molecular weight is 69.0 g/mol. The van der Waals surface area contributed by atoms with Crippen LogP contribution in [-0.4, -0.2) is 0 Å². The minimum Gasteiger partial charge on any atom is -0.373 e. The van der Waals surface area contributed by atoms with Crippen LogP contribution < -0.4 is 0 Å². The summed E-state index contributed by atoms with van der Waals surface area (Å²) >= 11 is 0. The van der Waals surface area contributed by atoms with Crippen molar-refractivity contribution < 1.29 is 0 Å². The lowest BCUT2D eigenvalue weighted by Gasteiger charge is -1.31. The van der Waals surface area contributed by atoms with E-state index in [2.05, 4.69) is 6.57 Å². The number of rotatable bonds is 0. The van der Waals surface area contributed by atoms with Gasteiger partial charge in [0.05, 0.1) is 0 Å². The summed E-state index contributed by atoms with van der Waals surface area (Å²) in [6.45, 7) is 3.50. The first-order chi connectivity index (χ1) is 2.41. The maximum absolute atomic E-state index is 6.75. The van der Waals surface area contributed by atoms with Crippen LogP contribution in [0, 0.1) is 11.8 Å². The molecule has 0 N–H and O–H groups in total. The fourth-order valence-electron chi connectivity index (χ4n) is 0. The molecule has 0 aliphatic rings. The van der Waals surface area contributed by atoms with Crippen LogP contribution >= 0.6 is 0 Å². The Bertz CT molecular complexity index is 45.9. The summed E-state index contributed by atoms with van der Waals surface area (Å²) in [7, 11) is 0. The van der Waals surface area contributed by atoms with Gasteiger partial charge in [0.15, 0.2) is 0 Å². The SMILES string of the molecule is C#N.[N-]=[N+]=[N-]. The molecule has 0 spiro atoms. The number of hydrogen-bond acceptors (Lipinski definition) is 1. The van der Waals surface area contributed by atoms with Gasteiger partial charge >= 0.3 is 0 Å². The second-order valence-corrected chi connectivity index (χ2v) is 0.0894. The van der Waals surface area contributed by atoms with Gasteiger partial charge in [-0.3, -0.25) is 4.91 Å². The summed E-state index contributed by atoms with van der Waals surface area (Å²) in [6.07, 6.45) is 0. The number of nitriles is 1. The van der Waals surface area contributed by atoms with E-state index in [1.807, 2.05) is 0 Å². The molecule has 0 amide bonds. The molecule has 0 saturated heterocycles. The smallest absolute Gasteiger partial charge is 0.0462 e. The van der Waals surface area contributed by atoms with Gasteiger partial charge in [-0.05, 0) is 0 Å². The van der Waals surface area contributed by atoms with Crippen molar-refractivity contribution >= 4 is 0 Å². The van der Waals surface area contributed by atoms with Crippen LogP contribution in [0.4, 0.5) is 0 Å². The summed E-state index contributed by atoms with van der Waals surface area (Å²) < 4.78 is 0. The largest absolute Gasteiger partial charge is 0.373 e. The highest BCUT2D eigenvalue weighted by atomic mass is 15.0. The maximum Gasteiger partial charge on any atom is 0.0462 e. The predicted molar refractivity (Wildman–Crippen MR) is 16.7 cm³/mol. The zero-order valence-electron chi connectivity index (χ0n) is 2.37. The summed E-state index contributed by atoms with van der Waals surface area (Å²) in [5.74, 6) is 0. The van der Waals surface area contributed by atoms with Gasteiger partial charge in [0.25, 0.3) is 0 Å². The molecule has 0 aliphatic carbocycles. The summed E-state index contributed by atoms with van der Waals surface area (Å²) in [6, 6.07) is 0. The van der Waals surface area contributed by atoms with Gasteiger partial charge in [-0.2, -0.15) is 0 Å². The molecule has 0 aromatic carbocycles. The highest BCUT2D eigenvalue weighted by Crippen LogP contribution is 1.29. The standard InChI is InChI=1S/CHN.N3/c1-2;1-3-2/h1H;/q;-1. The highest BCUT2D eigenvalue weighted by molar-refractivity contribution is 4.36. The van der Waals surface area contributed by atoms with Gasteiger partial charge < -0.3 is 11.1 Å². The molecule has 0 atom stereocenters. The van der Waals surface area contributed by atoms with Gasteiger partial charge in [0.1, 0.15) is 0 Å². The number of nitrogens with zero attached hydrogens (tertiary/aromatic N) is 4. The Morgan fingerprint density at radius 2 is 1.40 bits per heavy atom. The second kappa shape index (κ2) is 227. The van der Waals surface area contributed by atoms with Crippen molar-refractivity contribution in [1.82, 2.24) is 0 Å². The molecule has 0 aromatic heterocycles. The van der Waals surface area contributed by atoms with Gasteiger partial charge in [-0.25, -0.2) is 5.26 Å². The lowest BCUT2D eigenvalue weighted by Crippen LogP contribution is -0.711. The quantitative estimate of drug-likeness (QED) is 0.237. The van der Waals surface area contributed by atoms with Crippen LogP contribution in [0.1, 0.15) is 0 Å². The first-order valence-corrected chi connectivity index (χ1v) is 0.658. The van der Waals surface area contributed by atoms with Gasteiger partial charge in [-0.15, -0.1) is 0 Å². The van der Waals surface area contributed by atoms with Crippen LogP contribution in [0.3, 0.4) is 0 Å². The first kappa shape index (κ1) is 9.20. The molecule has 26 valence electrons. The summed E-state index contributed by atoms with van der Waals surface area (Å²) in [4.78, 5) is 1.50. The molecule has 0 radical (unpaired) electrons. The van der Waals surface area contributed by atoms with E-state index in [0.29, 0.717) is 0 Å². The van der Waals surface area contributed by atoms with E-state index < -0.39 is 0 Å². The molecule has 0 unspecified atom stereocenters. The van der Waals surface area contributed by atoms with Crippen molar-refractivity contribution in [1.29, 1.82) is 5.26 Å². The molecule has 0 bridgehead atoms. The monoisotopic (exact) mass is 69.0 g/mol. The van der Waals surface area contributed by atoms with Crippen molar-refractivity contribution in [2.75, 3.05) is 0 Å². The fourth-order valence-corrected chi connectivity index (χ4v) is 0. The third-order valence-electron chi connectivity index (χ3n) is 0. The van der Waals surface area contributed by atoms with Crippen LogP contribution in [0.2, 0.25) is 0 Å². The van der Waals surface area contributed by atoms with Gasteiger partial charge in [0, 0.05) is 6.57 Å². The van der Waals surface area contributed by atoms with Crippen LogP contribution in [0.25, 0.3) is 16.0 Å². The highest BCUT2D eigenvalue weighted by Gasteiger charge is 0.689. The van der Waals surface area contributed by atoms with Crippen LogP contribution in [0.15, 0.2) is 0 Å². The van der Waals surface area contributed by atoms with E-state index in [-0.39, 0.29) is 0 Å². The summed E-state index contributed by atoms with van der Waals surface area (Å²) in [5.41, 5.74) is 13.5. The van der Waals surface area contributed by atoms with Crippen molar-refractivity contribution in [3.05, 3.63) is 16.0 Å². The molecule has 5 heavy (non-hydrogen) atoms. The zero-order valence-corrected chi connectivity index (χ0v) is 2.37. The molecular formula is CHN4-. The zero-order chi connectivity index (χ0) is 4.71. The van der Waals surface area contributed by atoms with E-state index in [4.69, 9.17) is 16.3 Å². The molecule has 0 fully saturated rings. The minimum absolute atomic E-state index is 1.50. The molecule has 4 heteroatoms. The van der Waals surface area contributed by atoms with Crippen LogP contribution in [-0.2, 0) is 0 Å². The van der Waals surface area contributed by atoms with E-state index >= 15 is 0 Å². The normalized spacial score (nSPS) is 2.00. The Hall–Kier alpha value is -1.20. The van der Waals surface area contributed by atoms with Gasteiger partial charge in [0.2, 0.25) is 0 Å². The van der Waals surface area contributed by atoms with Crippen LogP contribution in [0.5, 0.6) is 0 Å². The van der Waals surface area contributed by atoms with Crippen molar-refractivity contribution in [2.24, 2.45) is 0 Å². The van der Waals surface area contributed by atoms with E-state index in [1.165, 1.54) is 4.91 Å². The fraction of sp³-hybridized carbons (Fsp3) is 0. The Balaban J connectivity index is 0. The van der Waals surface area contributed by atoms with Crippen molar-refractivity contribution in [3.8, 4) is 6.57 Å². The maximum atomic E-state index is 6.75. The molecule has 0 aromatic rings. The van der Waals surface area contributed by atoms with E-state index in [1.54, 1.807) is 0 Å². The third-order valence-corrected chi connectivity index (χ3v) is 0. The molecule has 0 rings (SSSR count). The molecular weight excluding hydrogens is 68.0 g/mol. The Morgan fingerprint density at radius 3 is 1.40 bits per heavy atom. The van der Waals surface area contributed by atoms with Crippen molar-refractivity contribution in [3.63, 3.8) is 0 Å². The molecule has 0 aliphatic heterocycles. The Labute approximate surface area is 29.1 Å². The summed E-state index contributed by atoms with van der Waals surface area (Å²) in [5, 5.41) is 6.50. The van der Waals surface area contributed by atoms with E-state index in [0.717, 1.165) is 0 Å². The number of hydrogen-bond donors (Lipinski definition) is 0. The topological polar surface area (TPSA) is 82.5 Å². The molecule has 0 saturated carbocycles. The minimum atomic E-state index is 1.50. The Kier molecular flexibility index (Phi) is 417. The van der Waals surface area contributed by atoms with Gasteiger partial charge in [-0.1, -0.05) is 0 Å². The Morgan fingerprint density at radius 1 is 1.40 bits per heavy atom. The first-order valence-electron chi connectivity index (χ1n) is 0.658. The third kappa shape index (κ3) is 1.24.